The van der Waals surface area contributed by atoms with Crippen LogP contribution in [0.2, 0.25) is 0 Å². The van der Waals surface area contributed by atoms with Gasteiger partial charge in [-0.15, -0.1) is 0 Å². The highest BCUT2D eigenvalue weighted by molar-refractivity contribution is 4.87. The maximum Gasteiger partial charge on any atom is 0.140 e. The number of nitrogens with zero attached hydrogens (tertiary/aromatic N) is 3. The zero-order chi connectivity index (χ0) is 12.0. The molecule has 0 aliphatic carbocycles. The van der Waals surface area contributed by atoms with Gasteiger partial charge in [0.1, 0.15) is 12.2 Å². The molecule has 1 rings (SSSR count). The molecule has 1 aromatic heterocycles. The summed E-state index contributed by atoms with van der Waals surface area (Å²) in [4.78, 5) is 4.25. The van der Waals surface area contributed by atoms with Gasteiger partial charge in [-0.1, -0.05) is 6.92 Å². The van der Waals surface area contributed by atoms with E-state index in [-0.39, 0.29) is 5.54 Å². The van der Waals surface area contributed by atoms with Crippen molar-refractivity contribution in [3.05, 3.63) is 12.2 Å². The highest BCUT2D eigenvalue weighted by Crippen LogP contribution is 2.04. The van der Waals surface area contributed by atoms with Crippen molar-refractivity contribution in [3.63, 3.8) is 0 Å². The lowest BCUT2D eigenvalue weighted by Gasteiger charge is -2.25. The van der Waals surface area contributed by atoms with Crippen LogP contribution in [0, 0.1) is 0 Å². The van der Waals surface area contributed by atoms with Crippen molar-refractivity contribution < 1.29 is 4.74 Å². The second-order valence-electron chi connectivity index (χ2n) is 4.57. The third kappa shape index (κ3) is 3.90. The molecule has 5 nitrogen and oxygen atoms in total. The minimum absolute atomic E-state index is 0.0439. The van der Waals surface area contributed by atoms with E-state index in [0.717, 1.165) is 25.3 Å². The lowest BCUT2D eigenvalue weighted by molar-refractivity contribution is 0.127. The number of rotatable bonds is 7. The van der Waals surface area contributed by atoms with Crippen molar-refractivity contribution in [2.45, 2.75) is 45.8 Å². The van der Waals surface area contributed by atoms with Gasteiger partial charge in [-0.3, -0.25) is 0 Å². The number of methoxy groups -OCH3 is 1. The number of aryl methyl sites for hydroxylation is 1. The maximum atomic E-state index is 5.15. The fourth-order valence-electron chi connectivity index (χ4n) is 1.55. The number of aromatic nitrogens is 3. The van der Waals surface area contributed by atoms with Gasteiger partial charge in [-0.2, -0.15) is 5.10 Å². The Hall–Kier alpha value is -0.940. The molecule has 0 unspecified atom stereocenters. The summed E-state index contributed by atoms with van der Waals surface area (Å²) in [5, 5.41) is 7.60. The van der Waals surface area contributed by atoms with Gasteiger partial charge >= 0.3 is 0 Å². The molecule has 5 heteroatoms. The molecule has 0 aliphatic heterocycles. The Labute approximate surface area is 97.2 Å². The first-order chi connectivity index (χ1) is 7.59. The summed E-state index contributed by atoms with van der Waals surface area (Å²) in [7, 11) is 1.71. The van der Waals surface area contributed by atoms with Gasteiger partial charge in [0, 0.05) is 19.2 Å². The Morgan fingerprint density at radius 2 is 2.25 bits per heavy atom. The highest BCUT2D eigenvalue weighted by atomic mass is 16.5. The SMILES string of the molecule is CCCn1ncnc1CNC(C)(C)COC. The number of hydrogen-bond acceptors (Lipinski definition) is 4. The van der Waals surface area contributed by atoms with E-state index in [2.05, 4.69) is 36.2 Å². The third-order valence-corrected chi connectivity index (χ3v) is 2.36. The van der Waals surface area contributed by atoms with Crippen LogP contribution >= 0.6 is 0 Å². The number of ether oxygens (including phenoxy) is 1. The highest BCUT2D eigenvalue weighted by Gasteiger charge is 2.17. The molecule has 1 aromatic rings. The lowest BCUT2D eigenvalue weighted by Crippen LogP contribution is -2.43. The summed E-state index contributed by atoms with van der Waals surface area (Å²) in [6.07, 6.45) is 2.67. The molecule has 1 heterocycles. The molecule has 0 saturated carbocycles. The van der Waals surface area contributed by atoms with Gasteiger partial charge in [0.25, 0.3) is 0 Å². The van der Waals surface area contributed by atoms with Crippen LogP contribution in [0.15, 0.2) is 6.33 Å². The van der Waals surface area contributed by atoms with E-state index in [4.69, 9.17) is 4.74 Å². The minimum atomic E-state index is -0.0439. The molecule has 0 aliphatic rings. The Balaban J connectivity index is 2.50. The van der Waals surface area contributed by atoms with E-state index in [1.807, 2.05) is 4.68 Å². The minimum Gasteiger partial charge on any atom is -0.383 e. The van der Waals surface area contributed by atoms with Crippen molar-refractivity contribution in [1.82, 2.24) is 20.1 Å². The molecular weight excluding hydrogens is 204 g/mol. The lowest BCUT2D eigenvalue weighted by atomic mass is 10.1. The van der Waals surface area contributed by atoms with Crippen molar-refractivity contribution in [2.24, 2.45) is 0 Å². The fourth-order valence-corrected chi connectivity index (χ4v) is 1.55. The summed E-state index contributed by atoms with van der Waals surface area (Å²) in [5.41, 5.74) is -0.0439. The van der Waals surface area contributed by atoms with Gasteiger partial charge in [0.05, 0.1) is 13.2 Å². The molecule has 0 amide bonds. The first kappa shape index (κ1) is 13.1. The molecule has 0 spiro atoms. The quantitative estimate of drug-likeness (QED) is 0.759. The molecule has 0 fully saturated rings. The normalized spacial score (nSPS) is 12.0. The second-order valence-corrected chi connectivity index (χ2v) is 4.57. The molecule has 1 N–H and O–H groups in total. The van der Waals surface area contributed by atoms with Crippen molar-refractivity contribution in [1.29, 1.82) is 0 Å². The van der Waals surface area contributed by atoms with Crippen LogP contribution in [-0.2, 0) is 17.8 Å². The van der Waals surface area contributed by atoms with Crippen LogP contribution < -0.4 is 5.32 Å². The average Bonchev–Trinajstić information content (AvgIpc) is 2.63. The Morgan fingerprint density at radius 3 is 2.88 bits per heavy atom. The van der Waals surface area contributed by atoms with E-state index in [9.17, 15) is 0 Å². The molecular formula is C11H22N4O. The fraction of sp³-hybridized carbons (Fsp3) is 0.818. The van der Waals surface area contributed by atoms with Crippen LogP contribution in [0.5, 0.6) is 0 Å². The Morgan fingerprint density at radius 1 is 1.50 bits per heavy atom. The van der Waals surface area contributed by atoms with Crippen LogP contribution in [0.3, 0.4) is 0 Å². The second kappa shape index (κ2) is 5.96. The molecule has 0 aromatic carbocycles. The van der Waals surface area contributed by atoms with E-state index in [0.29, 0.717) is 6.61 Å². The number of nitrogens with one attached hydrogen (secondary N) is 1. The van der Waals surface area contributed by atoms with Crippen LogP contribution in [0.25, 0.3) is 0 Å². The monoisotopic (exact) mass is 226 g/mol. The predicted molar refractivity (Wildman–Crippen MR) is 63.1 cm³/mol. The van der Waals surface area contributed by atoms with E-state index in [1.54, 1.807) is 13.4 Å². The van der Waals surface area contributed by atoms with Gasteiger partial charge in [0.2, 0.25) is 0 Å². The van der Waals surface area contributed by atoms with Gasteiger partial charge in [-0.05, 0) is 20.3 Å². The van der Waals surface area contributed by atoms with E-state index in [1.165, 1.54) is 0 Å². The largest absolute Gasteiger partial charge is 0.383 e. The van der Waals surface area contributed by atoms with E-state index < -0.39 is 0 Å². The summed E-state index contributed by atoms with van der Waals surface area (Å²) >= 11 is 0. The Bertz CT molecular complexity index is 309. The predicted octanol–water partition coefficient (Wildman–Crippen LogP) is 1.20. The summed E-state index contributed by atoms with van der Waals surface area (Å²) in [6.45, 7) is 8.66. The zero-order valence-electron chi connectivity index (χ0n) is 10.7. The summed E-state index contributed by atoms with van der Waals surface area (Å²) < 4.78 is 7.09. The summed E-state index contributed by atoms with van der Waals surface area (Å²) in [5.74, 6) is 0.978. The molecule has 0 bridgehead atoms. The third-order valence-electron chi connectivity index (χ3n) is 2.36. The molecule has 0 saturated heterocycles. The zero-order valence-corrected chi connectivity index (χ0v) is 10.7. The van der Waals surface area contributed by atoms with Crippen LogP contribution in [0.1, 0.15) is 33.0 Å². The van der Waals surface area contributed by atoms with Crippen LogP contribution in [-0.4, -0.2) is 34.0 Å². The average molecular weight is 226 g/mol. The first-order valence-corrected chi connectivity index (χ1v) is 5.69. The first-order valence-electron chi connectivity index (χ1n) is 5.69. The van der Waals surface area contributed by atoms with E-state index >= 15 is 0 Å². The van der Waals surface area contributed by atoms with Gasteiger partial charge < -0.3 is 10.1 Å². The van der Waals surface area contributed by atoms with Crippen LogP contribution in [0.4, 0.5) is 0 Å². The standard InChI is InChI=1S/C11H22N4O/c1-5-6-15-10(12-9-14-15)7-13-11(2,3)8-16-4/h9,13H,5-8H2,1-4H3. The summed E-state index contributed by atoms with van der Waals surface area (Å²) in [6, 6.07) is 0. The topological polar surface area (TPSA) is 52.0 Å². The maximum absolute atomic E-state index is 5.15. The Kier molecular flexibility index (Phi) is 4.89. The van der Waals surface area contributed by atoms with Gasteiger partial charge in [-0.25, -0.2) is 9.67 Å². The van der Waals surface area contributed by atoms with Crippen molar-refractivity contribution >= 4 is 0 Å². The number of hydrogen-bond donors (Lipinski definition) is 1. The smallest absolute Gasteiger partial charge is 0.140 e. The van der Waals surface area contributed by atoms with Gasteiger partial charge in [0.15, 0.2) is 0 Å². The van der Waals surface area contributed by atoms with Crippen molar-refractivity contribution in [2.75, 3.05) is 13.7 Å². The molecule has 16 heavy (non-hydrogen) atoms. The molecule has 0 atom stereocenters. The molecule has 0 radical (unpaired) electrons. The van der Waals surface area contributed by atoms with Crippen molar-refractivity contribution in [3.8, 4) is 0 Å². The molecule has 92 valence electrons.